The summed E-state index contributed by atoms with van der Waals surface area (Å²) in [5, 5.41) is 6.73. The largest absolute Gasteiger partial charge is 0.462 e. The van der Waals surface area contributed by atoms with E-state index in [2.05, 4.69) is 44.8 Å². The highest BCUT2D eigenvalue weighted by atomic mass is 16.5. The number of carbonyl (C=O) groups is 1. The number of carbonyl (C=O) groups excluding carboxylic acids is 1. The van der Waals surface area contributed by atoms with Crippen LogP contribution < -0.4 is 10.6 Å². The van der Waals surface area contributed by atoms with Gasteiger partial charge in [-0.15, -0.1) is 0 Å². The third-order valence-electron chi connectivity index (χ3n) is 5.21. The van der Waals surface area contributed by atoms with Crippen LogP contribution in [0, 0.1) is 0 Å². The Hall–Kier alpha value is -2.90. The van der Waals surface area contributed by atoms with Crippen molar-refractivity contribution in [1.82, 2.24) is 15.5 Å². The lowest BCUT2D eigenvalue weighted by atomic mass is 10.1. The standard InChI is InChI=1S/C24H32N4O3/c1-3-31-23(29)20-10-8-19(9-11-20)16-26-24(25-2)27-17-21-6-4-5-7-22(21)18-28-12-14-30-15-13-28/h4-11H,3,12-18H2,1-2H3,(H2,25,26,27). The average Bonchev–Trinajstić information content (AvgIpc) is 2.81. The van der Waals surface area contributed by atoms with Crippen LogP contribution in [0.4, 0.5) is 0 Å². The first kappa shape index (κ1) is 22.8. The second-order valence-corrected chi connectivity index (χ2v) is 7.35. The molecule has 2 N–H and O–H groups in total. The smallest absolute Gasteiger partial charge is 0.338 e. The zero-order valence-corrected chi connectivity index (χ0v) is 18.4. The molecule has 0 bridgehead atoms. The molecule has 1 fully saturated rings. The Morgan fingerprint density at radius 2 is 1.71 bits per heavy atom. The number of rotatable bonds is 8. The second-order valence-electron chi connectivity index (χ2n) is 7.35. The quantitative estimate of drug-likeness (QED) is 0.385. The van der Waals surface area contributed by atoms with Crippen LogP contribution in [0.25, 0.3) is 0 Å². The predicted octanol–water partition coefficient (Wildman–Crippen LogP) is 2.56. The summed E-state index contributed by atoms with van der Waals surface area (Å²) in [6.45, 7) is 7.96. The molecule has 0 aliphatic carbocycles. The first-order valence-corrected chi connectivity index (χ1v) is 10.8. The van der Waals surface area contributed by atoms with E-state index in [4.69, 9.17) is 9.47 Å². The van der Waals surface area contributed by atoms with Gasteiger partial charge in [0.05, 0.1) is 25.4 Å². The van der Waals surface area contributed by atoms with Crippen LogP contribution in [0.1, 0.15) is 34.0 Å². The molecule has 3 rings (SSSR count). The molecule has 0 aromatic heterocycles. The van der Waals surface area contributed by atoms with E-state index < -0.39 is 0 Å². The van der Waals surface area contributed by atoms with Crippen molar-refractivity contribution in [2.24, 2.45) is 4.99 Å². The summed E-state index contributed by atoms with van der Waals surface area (Å²) in [7, 11) is 1.76. The number of morpholine rings is 1. The Balaban J connectivity index is 1.51. The van der Waals surface area contributed by atoms with Crippen molar-refractivity contribution in [3.05, 3.63) is 70.8 Å². The lowest BCUT2D eigenvalue weighted by molar-refractivity contribution is 0.0340. The summed E-state index contributed by atoms with van der Waals surface area (Å²) >= 11 is 0. The lowest BCUT2D eigenvalue weighted by Gasteiger charge is -2.27. The summed E-state index contributed by atoms with van der Waals surface area (Å²) in [6, 6.07) is 15.9. The summed E-state index contributed by atoms with van der Waals surface area (Å²) < 4.78 is 10.5. The van der Waals surface area contributed by atoms with Crippen LogP contribution >= 0.6 is 0 Å². The van der Waals surface area contributed by atoms with Crippen molar-refractivity contribution in [3.8, 4) is 0 Å². The molecule has 0 atom stereocenters. The molecule has 2 aromatic rings. The molecule has 0 spiro atoms. The number of esters is 1. The van der Waals surface area contributed by atoms with Gasteiger partial charge in [0.15, 0.2) is 5.96 Å². The Labute approximate surface area is 184 Å². The van der Waals surface area contributed by atoms with Gasteiger partial charge in [-0.1, -0.05) is 36.4 Å². The SMILES string of the molecule is CCOC(=O)c1ccc(CNC(=NC)NCc2ccccc2CN2CCOCC2)cc1. The number of benzene rings is 2. The number of ether oxygens (including phenoxy) is 2. The van der Waals surface area contributed by atoms with E-state index in [1.807, 2.05) is 12.1 Å². The third-order valence-corrected chi connectivity index (χ3v) is 5.21. The molecule has 1 aliphatic heterocycles. The molecule has 0 saturated carbocycles. The minimum Gasteiger partial charge on any atom is -0.462 e. The van der Waals surface area contributed by atoms with Crippen LogP contribution in [0.5, 0.6) is 0 Å². The highest BCUT2D eigenvalue weighted by Gasteiger charge is 2.13. The number of hydrogen-bond donors (Lipinski definition) is 2. The predicted molar refractivity (Wildman–Crippen MR) is 122 cm³/mol. The molecular weight excluding hydrogens is 392 g/mol. The number of aliphatic imine (C=N–C) groups is 1. The molecule has 0 radical (unpaired) electrons. The average molecular weight is 425 g/mol. The van der Waals surface area contributed by atoms with Gasteiger partial charge in [-0.3, -0.25) is 9.89 Å². The molecular formula is C24H32N4O3. The molecule has 1 heterocycles. The van der Waals surface area contributed by atoms with Gasteiger partial charge in [0, 0.05) is 39.8 Å². The molecule has 0 unspecified atom stereocenters. The lowest BCUT2D eigenvalue weighted by Crippen LogP contribution is -2.37. The zero-order valence-electron chi connectivity index (χ0n) is 18.4. The summed E-state index contributed by atoms with van der Waals surface area (Å²) in [6.07, 6.45) is 0. The molecule has 1 saturated heterocycles. The van der Waals surface area contributed by atoms with Crippen molar-refractivity contribution in [3.63, 3.8) is 0 Å². The zero-order chi connectivity index (χ0) is 21.9. The third kappa shape index (κ3) is 7.08. The van der Waals surface area contributed by atoms with Gasteiger partial charge < -0.3 is 20.1 Å². The van der Waals surface area contributed by atoms with Crippen LogP contribution in [0.3, 0.4) is 0 Å². The fourth-order valence-corrected chi connectivity index (χ4v) is 3.44. The van der Waals surface area contributed by atoms with Crippen LogP contribution in [0.2, 0.25) is 0 Å². The number of nitrogens with one attached hydrogen (secondary N) is 2. The molecule has 7 heteroatoms. The minimum atomic E-state index is -0.296. The van der Waals surface area contributed by atoms with E-state index in [1.165, 1.54) is 11.1 Å². The van der Waals surface area contributed by atoms with Crippen molar-refractivity contribution in [2.75, 3.05) is 40.0 Å². The fourth-order valence-electron chi connectivity index (χ4n) is 3.44. The summed E-state index contributed by atoms with van der Waals surface area (Å²) in [5.41, 5.74) is 4.20. The molecule has 31 heavy (non-hydrogen) atoms. The first-order chi connectivity index (χ1) is 15.2. The highest BCUT2D eigenvalue weighted by Crippen LogP contribution is 2.13. The molecule has 1 aliphatic rings. The van der Waals surface area contributed by atoms with E-state index in [9.17, 15) is 4.79 Å². The topological polar surface area (TPSA) is 75.2 Å². The van der Waals surface area contributed by atoms with E-state index in [0.29, 0.717) is 25.3 Å². The van der Waals surface area contributed by atoms with Crippen LogP contribution in [-0.2, 0) is 29.1 Å². The van der Waals surface area contributed by atoms with Gasteiger partial charge in [0.2, 0.25) is 0 Å². The molecule has 7 nitrogen and oxygen atoms in total. The fraction of sp³-hybridized carbons (Fsp3) is 0.417. The van der Waals surface area contributed by atoms with Gasteiger partial charge in [0.25, 0.3) is 0 Å². The van der Waals surface area contributed by atoms with Crippen molar-refractivity contribution in [2.45, 2.75) is 26.6 Å². The highest BCUT2D eigenvalue weighted by molar-refractivity contribution is 5.89. The van der Waals surface area contributed by atoms with Gasteiger partial charge >= 0.3 is 5.97 Å². The Morgan fingerprint density at radius 3 is 2.39 bits per heavy atom. The van der Waals surface area contributed by atoms with Crippen molar-refractivity contribution >= 4 is 11.9 Å². The van der Waals surface area contributed by atoms with E-state index in [1.54, 1.807) is 26.1 Å². The van der Waals surface area contributed by atoms with E-state index in [-0.39, 0.29) is 5.97 Å². The van der Waals surface area contributed by atoms with Crippen molar-refractivity contribution in [1.29, 1.82) is 0 Å². The van der Waals surface area contributed by atoms with Gasteiger partial charge in [-0.25, -0.2) is 4.79 Å². The van der Waals surface area contributed by atoms with Crippen LogP contribution in [0.15, 0.2) is 53.5 Å². The Kier molecular flexibility index (Phi) is 8.87. The summed E-state index contributed by atoms with van der Waals surface area (Å²) in [4.78, 5) is 18.5. The maximum Gasteiger partial charge on any atom is 0.338 e. The monoisotopic (exact) mass is 424 g/mol. The second kappa shape index (κ2) is 12.1. The Bertz CT molecular complexity index is 861. The number of guanidine groups is 1. The Morgan fingerprint density at radius 1 is 1.03 bits per heavy atom. The first-order valence-electron chi connectivity index (χ1n) is 10.8. The maximum atomic E-state index is 11.8. The summed E-state index contributed by atoms with van der Waals surface area (Å²) in [5.74, 6) is 0.436. The van der Waals surface area contributed by atoms with Crippen molar-refractivity contribution < 1.29 is 14.3 Å². The normalized spacial score (nSPS) is 14.8. The maximum absolute atomic E-state index is 11.8. The van der Waals surface area contributed by atoms with Gasteiger partial charge in [-0.2, -0.15) is 0 Å². The molecule has 0 amide bonds. The number of nitrogens with zero attached hydrogens (tertiary/aromatic N) is 2. The molecule has 2 aromatic carbocycles. The van der Waals surface area contributed by atoms with Crippen LogP contribution in [-0.4, -0.2) is 56.8 Å². The van der Waals surface area contributed by atoms with Gasteiger partial charge in [0.1, 0.15) is 0 Å². The van der Waals surface area contributed by atoms with E-state index in [0.717, 1.165) is 44.4 Å². The van der Waals surface area contributed by atoms with E-state index >= 15 is 0 Å². The van der Waals surface area contributed by atoms with Gasteiger partial charge in [-0.05, 0) is 35.7 Å². The number of hydrogen-bond acceptors (Lipinski definition) is 5. The molecule has 166 valence electrons. The minimum absolute atomic E-state index is 0.296.